The van der Waals surface area contributed by atoms with Gasteiger partial charge < -0.3 is 14.4 Å². The SMILES string of the molecule is CC1=C(N2CCOCC2)[C@@H](N2CCOCC2)[C@@H](C)C1=O. The molecule has 5 nitrogen and oxygen atoms in total. The minimum absolute atomic E-state index is 0.0611. The van der Waals surface area contributed by atoms with Gasteiger partial charge in [0.15, 0.2) is 5.78 Å². The number of Topliss-reactive ketones (excluding diaryl/α,β-unsaturated/α-hetero) is 1. The number of ether oxygens (including phenoxy) is 2. The van der Waals surface area contributed by atoms with Crippen LogP contribution in [0.2, 0.25) is 0 Å². The predicted octanol–water partition coefficient (Wildman–Crippen LogP) is 0.512. The number of hydrogen-bond acceptors (Lipinski definition) is 5. The molecule has 112 valence electrons. The maximum Gasteiger partial charge on any atom is 0.165 e. The van der Waals surface area contributed by atoms with E-state index in [1.54, 1.807) is 0 Å². The zero-order valence-electron chi connectivity index (χ0n) is 12.4. The largest absolute Gasteiger partial charge is 0.379 e. The third-order valence-electron chi connectivity index (χ3n) is 4.71. The van der Waals surface area contributed by atoms with E-state index in [2.05, 4.69) is 16.7 Å². The third kappa shape index (κ3) is 2.38. The number of carbonyl (C=O) groups excluding carboxylic acids is 1. The van der Waals surface area contributed by atoms with Gasteiger partial charge in [0.25, 0.3) is 0 Å². The lowest BCUT2D eigenvalue weighted by Gasteiger charge is -2.40. The van der Waals surface area contributed by atoms with E-state index < -0.39 is 0 Å². The second kappa shape index (κ2) is 5.84. The van der Waals surface area contributed by atoms with Crippen LogP contribution in [0.15, 0.2) is 11.3 Å². The lowest BCUT2D eigenvalue weighted by atomic mass is 10.00. The topological polar surface area (TPSA) is 42.0 Å². The minimum Gasteiger partial charge on any atom is -0.379 e. The van der Waals surface area contributed by atoms with Gasteiger partial charge in [0, 0.05) is 43.4 Å². The first-order valence-corrected chi connectivity index (χ1v) is 7.59. The van der Waals surface area contributed by atoms with E-state index in [-0.39, 0.29) is 12.0 Å². The summed E-state index contributed by atoms with van der Waals surface area (Å²) in [5.74, 6) is 0.369. The number of nitrogens with zero attached hydrogens (tertiary/aromatic N) is 2. The minimum atomic E-state index is 0.0611. The molecule has 0 aromatic carbocycles. The zero-order valence-corrected chi connectivity index (χ0v) is 12.4. The number of morpholine rings is 2. The van der Waals surface area contributed by atoms with Crippen molar-refractivity contribution in [2.45, 2.75) is 19.9 Å². The normalized spacial score (nSPS) is 33.1. The monoisotopic (exact) mass is 280 g/mol. The lowest BCUT2D eigenvalue weighted by Crippen LogP contribution is -2.50. The van der Waals surface area contributed by atoms with Gasteiger partial charge in [0.1, 0.15) is 0 Å². The molecule has 0 spiro atoms. The van der Waals surface area contributed by atoms with E-state index in [9.17, 15) is 4.79 Å². The molecule has 0 saturated carbocycles. The number of allylic oxidation sites excluding steroid dienone is 1. The van der Waals surface area contributed by atoms with E-state index in [0.717, 1.165) is 58.2 Å². The van der Waals surface area contributed by atoms with Gasteiger partial charge in [-0.2, -0.15) is 0 Å². The fourth-order valence-corrected chi connectivity index (χ4v) is 3.64. The van der Waals surface area contributed by atoms with Crippen LogP contribution >= 0.6 is 0 Å². The molecule has 0 aromatic heterocycles. The standard InChI is InChI=1S/C15H24N2O3/c1-11-13(16-3-7-19-8-4-16)14(12(2)15(11)18)17-5-9-20-10-6-17/h11,13H,3-10H2,1-2H3/t11-,13+/m1/s1. The average Bonchev–Trinajstić information content (AvgIpc) is 2.73. The first-order chi connectivity index (χ1) is 9.70. The number of carbonyl (C=O) groups is 1. The van der Waals surface area contributed by atoms with Crippen LogP contribution in [0.25, 0.3) is 0 Å². The molecule has 0 amide bonds. The maximum absolute atomic E-state index is 12.4. The van der Waals surface area contributed by atoms with Crippen LogP contribution in [-0.4, -0.2) is 74.2 Å². The summed E-state index contributed by atoms with van der Waals surface area (Å²) in [6.45, 7) is 10.8. The quantitative estimate of drug-likeness (QED) is 0.737. The van der Waals surface area contributed by atoms with Gasteiger partial charge in [0.05, 0.1) is 32.5 Å². The molecule has 2 heterocycles. The molecule has 2 atom stereocenters. The van der Waals surface area contributed by atoms with E-state index in [0.29, 0.717) is 5.78 Å². The smallest absolute Gasteiger partial charge is 0.165 e. The van der Waals surface area contributed by atoms with Crippen molar-refractivity contribution in [3.05, 3.63) is 11.3 Å². The van der Waals surface area contributed by atoms with E-state index in [1.807, 2.05) is 6.92 Å². The predicted molar refractivity (Wildman–Crippen MR) is 75.4 cm³/mol. The highest BCUT2D eigenvalue weighted by Crippen LogP contribution is 2.35. The number of hydrogen-bond donors (Lipinski definition) is 0. The Morgan fingerprint density at radius 1 is 1.00 bits per heavy atom. The second-order valence-electron chi connectivity index (χ2n) is 5.86. The van der Waals surface area contributed by atoms with Crippen LogP contribution in [0, 0.1) is 5.92 Å². The van der Waals surface area contributed by atoms with Crippen LogP contribution < -0.4 is 0 Å². The highest BCUT2D eigenvalue weighted by atomic mass is 16.5. The van der Waals surface area contributed by atoms with Crippen molar-refractivity contribution in [1.82, 2.24) is 9.80 Å². The Morgan fingerprint density at radius 2 is 1.55 bits per heavy atom. The molecule has 20 heavy (non-hydrogen) atoms. The molecule has 2 saturated heterocycles. The maximum atomic E-state index is 12.4. The van der Waals surface area contributed by atoms with Gasteiger partial charge in [-0.25, -0.2) is 0 Å². The molecule has 3 rings (SSSR count). The highest BCUT2D eigenvalue weighted by Gasteiger charge is 2.43. The number of rotatable bonds is 2. The molecule has 5 heteroatoms. The first-order valence-electron chi connectivity index (χ1n) is 7.59. The summed E-state index contributed by atoms with van der Waals surface area (Å²) in [5, 5.41) is 0. The molecule has 0 bridgehead atoms. The summed E-state index contributed by atoms with van der Waals surface area (Å²) in [5.41, 5.74) is 2.20. The number of ketones is 1. The summed E-state index contributed by atoms with van der Waals surface area (Å²) >= 11 is 0. The molecule has 0 radical (unpaired) electrons. The van der Waals surface area contributed by atoms with Crippen molar-refractivity contribution in [3.63, 3.8) is 0 Å². The van der Waals surface area contributed by atoms with Crippen LogP contribution in [0.3, 0.4) is 0 Å². The van der Waals surface area contributed by atoms with Gasteiger partial charge in [-0.15, -0.1) is 0 Å². The van der Waals surface area contributed by atoms with Crippen molar-refractivity contribution >= 4 is 5.78 Å². The van der Waals surface area contributed by atoms with Gasteiger partial charge in [0.2, 0.25) is 0 Å². The molecular weight excluding hydrogens is 256 g/mol. The van der Waals surface area contributed by atoms with Crippen molar-refractivity contribution < 1.29 is 14.3 Å². The lowest BCUT2D eigenvalue weighted by molar-refractivity contribution is -0.119. The molecule has 3 aliphatic rings. The molecule has 2 aliphatic heterocycles. The van der Waals surface area contributed by atoms with E-state index in [1.165, 1.54) is 5.70 Å². The second-order valence-corrected chi connectivity index (χ2v) is 5.86. The fourth-order valence-electron chi connectivity index (χ4n) is 3.64. The Morgan fingerprint density at radius 3 is 2.15 bits per heavy atom. The Balaban J connectivity index is 1.86. The van der Waals surface area contributed by atoms with Crippen molar-refractivity contribution in [1.29, 1.82) is 0 Å². The fraction of sp³-hybridized carbons (Fsp3) is 0.800. The Kier molecular flexibility index (Phi) is 4.10. The molecule has 0 aromatic rings. The van der Waals surface area contributed by atoms with Gasteiger partial charge in [-0.05, 0) is 6.92 Å². The van der Waals surface area contributed by atoms with Crippen LogP contribution in [0.4, 0.5) is 0 Å². The summed E-state index contributed by atoms with van der Waals surface area (Å²) < 4.78 is 10.9. The van der Waals surface area contributed by atoms with Gasteiger partial charge >= 0.3 is 0 Å². The van der Waals surface area contributed by atoms with Gasteiger partial charge in [-0.3, -0.25) is 9.69 Å². The third-order valence-corrected chi connectivity index (χ3v) is 4.71. The Bertz CT molecular complexity index is 409. The summed E-state index contributed by atoms with van der Waals surface area (Å²) in [7, 11) is 0. The van der Waals surface area contributed by atoms with Crippen LogP contribution in [-0.2, 0) is 14.3 Å². The highest BCUT2D eigenvalue weighted by molar-refractivity contribution is 6.00. The molecule has 0 N–H and O–H groups in total. The molecule has 1 aliphatic carbocycles. The summed E-state index contributed by atoms with van der Waals surface area (Å²) in [6, 6.07) is 0.226. The van der Waals surface area contributed by atoms with Crippen LogP contribution in [0.5, 0.6) is 0 Å². The molecular formula is C15H24N2O3. The Hall–Kier alpha value is -0.910. The molecule has 0 unspecified atom stereocenters. The van der Waals surface area contributed by atoms with Crippen molar-refractivity contribution in [3.8, 4) is 0 Å². The summed E-state index contributed by atoms with van der Waals surface area (Å²) in [4.78, 5) is 17.2. The van der Waals surface area contributed by atoms with Crippen molar-refractivity contribution in [2.75, 3.05) is 52.6 Å². The first kappa shape index (κ1) is 14.0. The van der Waals surface area contributed by atoms with Crippen LogP contribution in [0.1, 0.15) is 13.8 Å². The molecule has 2 fully saturated rings. The van der Waals surface area contributed by atoms with E-state index >= 15 is 0 Å². The Labute approximate surface area is 120 Å². The zero-order chi connectivity index (χ0) is 14.1. The van der Waals surface area contributed by atoms with Gasteiger partial charge in [-0.1, -0.05) is 6.92 Å². The van der Waals surface area contributed by atoms with E-state index in [4.69, 9.17) is 9.47 Å². The van der Waals surface area contributed by atoms with Crippen molar-refractivity contribution in [2.24, 2.45) is 5.92 Å². The summed E-state index contributed by atoms with van der Waals surface area (Å²) in [6.07, 6.45) is 0. The average molecular weight is 280 g/mol.